The first-order chi connectivity index (χ1) is 9.24. The van der Waals surface area contributed by atoms with Gasteiger partial charge in [0.15, 0.2) is 5.65 Å². The number of aromatic nitrogens is 4. The fourth-order valence-electron chi connectivity index (χ4n) is 1.68. The summed E-state index contributed by atoms with van der Waals surface area (Å²) in [6.07, 6.45) is 2.38. The SMILES string of the molecule is Cn1nc(Br)c2c(NCCSCCCO)ncnc21. The van der Waals surface area contributed by atoms with Crippen LogP contribution in [0.4, 0.5) is 5.82 Å². The van der Waals surface area contributed by atoms with Crippen molar-refractivity contribution in [2.45, 2.75) is 6.42 Å². The van der Waals surface area contributed by atoms with E-state index in [4.69, 9.17) is 5.11 Å². The van der Waals surface area contributed by atoms with Gasteiger partial charge in [0.1, 0.15) is 16.7 Å². The quantitative estimate of drug-likeness (QED) is 0.743. The molecule has 0 aliphatic carbocycles. The second kappa shape index (κ2) is 7.06. The van der Waals surface area contributed by atoms with Crippen LogP contribution < -0.4 is 5.32 Å². The first-order valence-electron chi connectivity index (χ1n) is 5.99. The van der Waals surface area contributed by atoms with Crippen LogP contribution in [0.2, 0.25) is 0 Å². The van der Waals surface area contributed by atoms with Gasteiger partial charge in [-0.05, 0) is 28.1 Å². The molecular weight excluding hydrogens is 330 g/mol. The fourth-order valence-corrected chi connectivity index (χ4v) is 3.07. The summed E-state index contributed by atoms with van der Waals surface area (Å²) in [5.74, 6) is 2.75. The Balaban J connectivity index is 1.97. The van der Waals surface area contributed by atoms with E-state index in [9.17, 15) is 0 Å². The molecule has 19 heavy (non-hydrogen) atoms. The maximum absolute atomic E-state index is 8.69. The highest BCUT2D eigenvalue weighted by Gasteiger charge is 2.12. The molecule has 2 aromatic heterocycles. The van der Waals surface area contributed by atoms with Crippen LogP contribution in [-0.2, 0) is 7.05 Å². The summed E-state index contributed by atoms with van der Waals surface area (Å²) < 4.78 is 2.48. The highest BCUT2D eigenvalue weighted by molar-refractivity contribution is 9.10. The van der Waals surface area contributed by atoms with E-state index in [1.165, 1.54) is 6.33 Å². The molecule has 0 aliphatic heterocycles. The third kappa shape index (κ3) is 3.58. The molecule has 6 nitrogen and oxygen atoms in total. The maximum atomic E-state index is 8.69. The van der Waals surface area contributed by atoms with Gasteiger partial charge in [0.05, 0.1) is 5.39 Å². The molecule has 8 heteroatoms. The first-order valence-corrected chi connectivity index (χ1v) is 7.94. The highest BCUT2D eigenvalue weighted by atomic mass is 79.9. The molecule has 0 aliphatic rings. The number of hydrogen-bond acceptors (Lipinski definition) is 6. The van der Waals surface area contributed by atoms with Gasteiger partial charge in [-0.15, -0.1) is 0 Å². The molecule has 104 valence electrons. The summed E-state index contributed by atoms with van der Waals surface area (Å²) >= 11 is 5.24. The van der Waals surface area contributed by atoms with Gasteiger partial charge in [0.2, 0.25) is 0 Å². The van der Waals surface area contributed by atoms with Crippen molar-refractivity contribution in [3.8, 4) is 0 Å². The third-order valence-corrected chi connectivity index (χ3v) is 4.19. The molecular formula is C11H16BrN5OS. The largest absolute Gasteiger partial charge is 0.396 e. The van der Waals surface area contributed by atoms with Gasteiger partial charge in [-0.2, -0.15) is 16.9 Å². The molecule has 0 spiro atoms. The van der Waals surface area contributed by atoms with Crippen molar-refractivity contribution in [1.82, 2.24) is 19.7 Å². The standard InChI is InChI=1S/C11H16BrN5OS/c1-17-11-8(9(12)16-17)10(14-7-15-11)13-3-6-19-5-2-4-18/h7,18H,2-6H2,1H3,(H,13,14,15). The van der Waals surface area contributed by atoms with Crippen molar-refractivity contribution >= 4 is 44.5 Å². The van der Waals surface area contributed by atoms with Gasteiger partial charge in [-0.25, -0.2) is 14.6 Å². The lowest BCUT2D eigenvalue weighted by Gasteiger charge is -2.06. The topological polar surface area (TPSA) is 75.9 Å². The minimum Gasteiger partial charge on any atom is -0.396 e. The molecule has 0 aromatic carbocycles. The second-order valence-corrected chi connectivity index (χ2v) is 5.93. The molecule has 2 rings (SSSR count). The summed E-state index contributed by atoms with van der Waals surface area (Å²) in [4.78, 5) is 8.48. The van der Waals surface area contributed by atoms with Crippen LogP contribution in [0.1, 0.15) is 6.42 Å². The number of aliphatic hydroxyl groups excluding tert-OH is 1. The lowest BCUT2D eigenvalue weighted by Crippen LogP contribution is -2.07. The normalized spacial score (nSPS) is 11.1. The van der Waals surface area contributed by atoms with Gasteiger partial charge in [-0.3, -0.25) is 0 Å². The predicted octanol–water partition coefficient (Wildman–Crippen LogP) is 1.65. The Kier molecular flexibility index (Phi) is 5.41. The zero-order valence-corrected chi connectivity index (χ0v) is 13.0. The molecule has 0 fully saturated rings. The summed E-state index contributed by atoms with van der Waals surface area (Å²) in [5, 5.41) is 17.2. The van der Waals surface area contributed by atoms with E-state index in [-0.39, 0.29) is 6.61 Å². The Hall–Kier alpha value is -0.860. The van der Waals surface area contributed by atoms with Crippen molar-refractivity contribution in [2.75, 3.05) is 30.0 Å². The van der Waals surface area contributed by atoms with E-state index in [1.54, 1.807) is 4.68 Å². The summed E-state index contributed by atoms with van der Waals surface area (Å²) in [6, 6.07) is 0. The van der Waals surface area contributed by atoms with Crippen LogP contribution >= 0.6 is 27.7 Å². The third-order valence-electron chi connectivity index (χ3n) is 2.56. The lowest BCUT2D eigenvalue weighted by molar-refractivity contribution is 0.296. The molecule has 0 unspecified atom stereocenters. The average Bonchev–Trinajstić information content (AvgIpc) is 2.70. The van der Waals surface area contributed by atoms with Crippen molar-refractivity contribution < 1.29 is 5.11 Å². The Morgan fingerprint density at radius 1 is 1.42 bits per heavy atom. The van der Waals surface area contributed by atoms with Crippen LogP contribution in [0, 0.1) is 0 Å². The molecule has 0 atom stereocenters. The molecule has 0 amide bonds. The van der Waals surface area contributed by atoms with E-state index in [0.29, 0.717) is 0 Å². The zero-order chi connectivity index (χ0) is 13.7. The Labute approximate surface area is 124 Å². The van der Waals surface area contributed by atoms with Crippen LogP contribution in [-0.4, -0.2) is 49.5 Å². The van der Waals surface area contributed by atoms with Gasteiger partial charge < -0.3 is 10.4 Å². The maximum Gasteiger partial charge on any atom is 0.164 e. The van der Waals surface area contributed by atoms with Crippen LogP contribution in [0.5, 0.6) is 0 Å². The van der Waals surface area contributed by atoms with Crippen LogP contribution in [0.15, 0.2) is 10.9 Å². The van der Waals surface area contributed by atoms with Crippen molar-refractivity contribution in [1.29, 1.82) is 0 Å². The number of aliphatic hydroxyl groups is 1. The number of halogens is 1. The number of fused-ring (bicyclic) bond motifs is 1. The molecule has 0 saturated heterocycles. The molecule has 2 aromatic rings. The zero-order valence-electron chi connectivity index (χ0n) is 10.6. The summed E-state index contributed by atoms with van der Waals surface area (Å²) in [6.45, 7) is 1.08. The Bertz CT molecular complexity index is 547. The number of thioether (sulfide) groups is 1. The van der Waals surface area contributed by atoms with E-state index in [0.717, 1.165) is 45.9 Å². The molecule has 2 heterocycles. The number of nitrogens with one attached hydrogen (secondary N) is 1. The second-order valence-electron chi connectivity index (χ2n) is 3.95. The number of aryl methyl sites for hydroxylation is 1. The summed E-state index contributed by atoms with van der Waals surface area (Å²) in [5.41, 5.74) is 0.803. The number of hydrogen-bond donors (Lipinski definition) is 2. The Morgan fingerprint density at radius 3 is 3.05 bits per heavy atom. The van der Waals surface area contributed by atoms with E-state index in [2.05, 4.69) is 36.3 Å². The van der Waals surface area contributed by atoms with Gasteiger partial charge >= 0.3 is 0 Å². The van der Waals surface area contributed by atoms with Crippen LogP contribution in [0.3, 0.4) is 0 Å². The van der Waals surface area contributed by atoms with E-state index < -0.39 is 0 Å². The highest BCUT2D eigenvalue weighted by Crippen LogP contribution is 2.26. The van der Waals surface area contributed by atoms with E-state index in [1.807, 2.05) is 18.8 Å². The van der Waals surface area contributed by atoms with Crippen molar-refractivity contribution in [2.24, 2.45) is 7.05 Å². The van der Waals surface area contributed by atoms with Crippen molar-refractivity contribution in [3.63, 3.8) is 0 Å². The molecule has 0 saturated carbocycles. The number of anilines is 1. The van der Waals surface area contributed by atoms with Gasteiger partial charge in [0, 0.05) is 26.0 Å². The van der Waals surface area contributed by atoms with E-state index >= 15 is 0 Å². The van der Waals surface area contributed by atoms with Crippen LogP contribution in [0.25, 0.3) is 11.0 Å². The number of nitrogens with zero attached hydrogens (tertiary/aromatic N) is 4. The Morgan fingerprint density at radius 2 is 2.26 bits per heavy atom. The first kappa shape index (κ1) is 14.5. The monoisotopic (exact) mass is 345 g/mol. The van der Waals surface area contributed by atoms with Gasteiger partial charge in [-0.1, -0.05) is 0 Å². The predicted molar refractivity (Wildman–Crippen MR) is 81.5 cm³/mol. The fraction of sp³-hybridized carbons (Fsp3) is 0.545. The lowest BCUT2D eigenvalue weighted by atomic mass is 10.4. The van der Waals surface area contributed by atoms with Crippen molar-refractivity contribution in [3.05, 3.63) is 10.9 Å². The van der Waals surface area contributed by atoms with Gasteiger partial charge in [0.25, 0.3) is 0 Å². The molecule has 2 N–H and O–H groups in total. The minimum absolute atomic E-state index is 0.260. The number of rotatable bonds is 7. The average molecular weight is 346 g/mol. The summed E-state index contributed by atoms with van der Waals surface area (Å²) in [7, 11) is 1.86. The minimum atomic E-state index is 0.260. The molecule has 0 radical (unpaired) electrons. The molecule has 0 bridgehead atoms. The smallest absolute Gasteiger partial charge is 0.164 e.